The van der Waals surface area contributed by atoms with Crippen molar-refractivity contribution in [3.8, 4) is 0 Å². The minimum Gasteiger partial charge on any atom is -0.313 e. The Kier molecular flexibility index (Phi) is 5.03. The first kappa shape index (κ1) is 14.9. The number of tetrazole rings is 1. The van der Waals surface area contributed by atoms with Gasteiger partial charge in [0.1, 0.15) is 5.82 Å². The summed E-state index contributed by atoms with van der Waals surface area (Å²) in [7, 11) is 1.71. The van der Waals surface area contributed by atoms with Gasteiger partial charge in [-0.3, -0.25) is 0 Å². The van der Waals surface area contributed by atoms with Crippen LogP contribution >= 0.6 is 11.6 Å². The Labute approximate surface area is 122 Å². The van der Waals surface area contributed by atoms with E-state index in [1.54, 1.807) is 19.2 Å². The quantitative estimate of drug-likeness (QED) is 0.883. The number of hydrogen-bond donors (Lipinski definition) is 1. The molecule has 2 aromatic rings. The van der Waals surface area contributed by atoms with Crippen molar-refractivity contribution in [3.05, 3.63) is 40.4 Å². The zero-order valence-corrected chi connectivity index (χ0v) is 12.2. The summed E-state index contributed by atoms with van der Waals surface area (Å²) in [6.45, 7) is 2.77. The van der Waals surface area contributed by atoms with E-state index in [9.17, 15) is 4.39 Å². The van der Waals surface area contributed by atoms with Crippen LogP contribution in [0.5, 0.6) is 0 Å². The third-order valence-corrected chi connectivity index (χ3v) is 3.34. The fourth-order valence-corrected chi connectivity index (χ4v) is 2.34. The zero-order chi connectivity index (χ0) is 14.5. The summed E-state index contributed by atoms with van der Waals surface area (Å²) < 4.78 is 13.8. The maximum Gasteiger partial charge on any atom is 0.176 e. The summed E-state index contributed by atoms with van der Waals surface area (Å²) >= 11 is 6.07. The van der Waals surface area contributed by atoms with Crippen molar-refractivity contribution in [1.82, 2.24) is 25.5 Å². The molecule has 0 fully saturated rings. The summed E-state index contributed by atoms with van der Waals surface area (Å²) in [5.74, 6) is 0.346. The number of nitrogens with one attached hydrogen (secondary N) is 1. The smallest absolute Gasteiger partial charge is 0.176 e. The SMILES string of the molecule is CCNC(Cc1nnn(C)n1)Cc1c(F)cccc1Cl. The summed E-state index contributed by atoms with van der Waals surface area (Å²) in [5.41, 5.74) is 0.518. The van der Waals surface area contributed by atoms with Crippen LogP contribution in [0.15, 0.2) is 18.2 Å². The van der Waals surface area contributed by atoms with Gasteiger partial charge in [0.2, 0.25) is 0 Å². The van der Waals surface area contributed by atoms with Gasteiger partial charge in [0.05, 0.1) is 7.05 Å². The molecule has 0 saturated carbocycles. The van der Waals surface area contributed by atoms with E-state index in [4.69, 9.17) is 11.6 Å². The Morgan fingerprint density at radius 1 is 1.40 bits per heavy atom. The number of likely N-dealkylation sites (N-methyl/N-ethyl adjacent to an activating group) is 1. The molecule has 0 aliphatic carbocycles. The lowest BCUT2D eigenvalue weighted by Crippen LogP contribution is -2.33. The lowest BCUT2D eigenvalue weighted by molar-refractivity contribution is 0.496. The first-order chi connectivity index (χ1) is 9.60. The van der Waals surface area contributed by atoms with Crippen molar-refractivity contribution in [2.45, 2.75) is 25.8 Å². The molecule has 20 heavy (non-hydrogen) atoms. The number of benzene rings is 1. The molecular weight excluding hydrogens is 281 g/mol. The molecule has 0 amide bonds. The van der Waals surface area contributed by atoms with Gasteiger partial charge in [0, 0.05) is 23.0 Å². The minimum atomic E-state index is -0.285. The van der Waals surface area contributed by atoms with Crippen molar-refractivity contribution in [1.29, 1.82) is 0 Å². The fraction of sp³-hybridized carbons (Fsp3) is 0.462. The summed E-state index contributed by atoms with van der Waals surface area (Å²) in [6, 6.07) is 4.74. The van der Waals surface area contributed by atoms with E-state index in [-0.39, 0.29) is 11.9 Å². The number of hydrogen-bond acceptors (Lipinski definition) is 4. The second-order valence-corrected chi connectivity index (χ2v) is 4.97. The molecule has 0 saturated heterocycles. The molecule has 1 unspecified atom stereocenters. The van der Waals surface area contributed by atoms with E-state index < -0.39 is 0 Å². The molecule has 1 aromatic heterocycles. The monoisotopic (exact) mass is 297 g/mol. The van der Waals surface area contributed by atoms with E-state index in [2.05, 4.69) is 20.7 Å². The van der Waals surface area contributed by atoms with Crippen LogP contribution < -0.4 is 5.32 Å². The first-order valence-electron chi connectivity index (χ1n) is 6.49. The largest absolute Gasteiger partial charge is 0.313 e. The van der Waals surface area contributed by atoms with Crippen LogP contribution in [0.4, 0.5) is 4.39 Å². The van der Waals surface area contributed by atoms with Gasteiger partial charge in [-0.15, -0.1) is 10.2 Å². The number of nitrogens with zero attached hydrogens (tertiary/aromatic N) is 4. The highest BCUT2D eigenvalue weighted by molar-refractivity contribution is 6.31. The molecule has 2 rings (SSSR count). The van der Waals surface area contributed by atoms with Gasteiger partial charge in [-0.1, -0.05) is 24.6 Å². The minimum absolute atomic E-state index is 0.0126. The van der Waals surface area contributed by atoms with E-state index in [1.165, 1.54) is 10.9 Å². The molecule has 1 heterocycles. The van der Waals surface area contributed by atoms with Crippen molar-refractivity contribution in [2.24, 2.45) is 7.05 Å². The van der Waals surface area contributed by atoms with Crippen LogP contribution in [0.3, 0.4) is 0 Å². The molecular formula is C13H17ClFN5. The van der Waals surface area contributed by atoms with Gasteiger partial charge < -0.3 is 5.32 Å². The molecule has 5 nitrogen and oxygen atoms in total. The zero-order valence-electron chi connectivity index (χ0n) is 11.5. The van der Waals surface area contributed by atoms with Gasteiger partial charge >= 0.3 is 0 Å². The molecule has 7 heteroatoms. The number of rotatable bonds is 6. The Balaban J connectivity index is 2.13. The van der Waals surface area contributed by atoms with Crippen molar-refractivity contribution in [2.75, 3.05) is 6.54 Å². The molecule has 0 spiro atoms. The second-order valence-electron chi connectivity index (χ2n) is 4.56. The van der Waals surface area contributed by atoms with Gasteiger partial charge in [0.15, 0.2) is 5.82 Å². The molecule has 0 aliphatic heterocycles. The van der Waals surface area contributed by atoms with Crippen LogP contribution in [0.1, 0.15) is 18.3 Å². The van der Waals surface area contributed by atoms with Crippen LogP contribution in [-0.4, -0.2) is 32.8 Å². The maximum absolute atomic E-state index is 13.8. The van der Waals surface area contributed by atoms with Gasteiger partial charge in [-0.05, 0) is 30.3 Å². The van der Waals surface area contributed by atoms with Crippen molar-refractivity contribution < 1.29 is 4.39 Å². The van der Waals surface area contributed by atoms with Crippen LogP contribution in [0.25, 0.3) is 0 Å². The van der Waals surface area contributed by atoms with E-state index in [1.807, 2.05) is 6.92 Å². The lowest BCUT2D eigenvalue weighted by atomic mass is 10.0. The summed E-state index contributed by atoms with van der Waals surface area (Å²) in [4.78, 5) is 1.41. The fourth-order valence-electron chi connectivity index (χ4n) is 2.10. The Morgan fingerprint density at radius 2 is 2.20 bits per heavy atom. The Bertz CT molecular complexity index is 551. The Morgan fingerprint density at radius 3 is 2.80 bits per heavy atom. The predicted molar refractivity (Wildman–Crippen MR) is 75.1 cm³/mol. The molecule has 0 bridgehead atoms. The highest BCUT2D eigenvalue weighted by Gasteiger charge is 2.16. The molecule has 0 radical (unpaired) electrons. The number of halogens is 2. The highest BCUT2D eigenvalue weighted by atomic mass is 35.5. The molecule has 1 atom stereocenters. The van der Waals surface area contributed by atoms with E-state index >= 15 is 0 Å². The van der Waals surface area contributed by atoms with E-state index in [0.29, 0.717) is 29.3 Å². The average Bonchev–Trinajstić information content (AvgIpc) is 2.80. The highest BCUT2D eigenvalue weighted by Crippen LogP contribution is 2.21. The van der Waals surface area contributed by atoms with Gasteiger partial charge in [-0.2, -0.15) is 4.80 Å². The predicted octanol–water partition coefficient (Wildman–Crippen LogP) is 1.77. The third-order valence-electron chi connectivity index (χ3n) is 2.98. The van der Waals surface area contributed by atoms with Gasteiger partial charge in [0.25, 0.3) is 0 Å². The van der Waals surface area contributed by atoms with Crippen molar-refractivity contribution >= 4 is 11.6 Å². The van der Waals surface area contributed by atoms with Crippen LogP contribution in [0.2, 0.25) is 5.02 Å². The maximum atomic E-state index is 13.8. The topological polar surface area (TPSA) is 55.6 Å². The van der Waals surface area contributed by atoms with Gasteiger partial charge in [-0.25, -0.2) is 4.39 Å². The van der Waals surface area contributed by atoms with E-state index in [0.717, 1.165) is 6.54 Å². The van der Waals surface area contributed by atoms with Crippen LogP contribution in [0, 0.1) is 5.82 Å². The summed E-state index contributed by atoms with van der Waals surface area (Å²) in [5, 5.41) is 15.7. The second kappa shape index (κ2) is 6.76. The van der Waals surface area contributed by atoms with Crippen LogP contribution in [-0.2, 0) is 19.9 Å². The summed E-state index contributed by atoms with van der Waals surface area (Å²) in [6.07, 6.45) is 1.06. The number of aryl methyl sites for hydroxylation is 1. The molecule has 1 aromatic carbocycles. The Hall–Kier alpha value is -1.53. The lowest BCUT2D eigenvalue weighted by Gasteiger charge is -2.17. The number of aromatic nitrogens is 4. The molecule has 1 N–H and O–H groups in total. The average molecular weight is 298 g/mol. The molecule has 108 valence electrons. The third kappa shape index (κ3) is 3.74. The normalized spacial score (nSPS) is 12.6. The standard InChI is InChI=1S/C13H17ClFN5/c1-3-16-9(8-13-17-19-20(2)18-13)7-10-11(14)5-4-6-12(10)15/h4-6,9,16H,3,7-8H2,1-2H3. The first-order valence-corrected chi connectivity index (χ1v) is 6.87. The van der Waals surface area contributed by atoms with Crippen molar-refractivity contribution in [3.63, 3.8) is 0 Å². The molecule has 0 aliphatic rings.